The maximum atomic E-state index is 13.9. The van der Waals surface area contributed by atoms with Crippen LogP contribution in [0.1, 0.15) is 38.3 Å². The number of amides is 2. The Balaban J connectivity index is 2.02. The van der Waals surface area contributed by atoms with Gasteiger partial charge in [0.2, 0.25) is 11.8 Å². The van der Waals surface area contributed by atoms with Crippen LogP contribution in [-0.4, -0.2) is 50.9 Å². The Morgan fingerprint density at radius 3 is 2.27 bits per heavy atom. The fourth-order valence-corrected chi connectivity index (χ4v) is 5.66. The smallest absolute Gasteiger partial charge is 0.264 e. The lowest BCUT2D eigenvalue weighted by Crippen LogP contribution is -2.51. The minimum atomic E-state index is -4.18. The van der Waals surface area contributed by atoms with Crippen LogP contribution in [0.25, 0.3) is 0 Å². The summed E-state index contributed by atoms with van der Waals surface area (Å²) in [6.45, 7) is 7.93. The maximum absolute atomic E-state index is 13.9. The largest absolute Gasteiger partial charge is 0.494 e. The monoisotopic (exact) mass is 585 g/mol. The van der Waals surface area contributed by atoms with E-state index in [-0.39, 0.29) is 23.0 Å². The molecular formula is C30H36ClN3O5S. The van der Waals surface area contributed by atoms with Crippen LogP contribution in [0, 0.1) is 6.92 Å². The zero-order chi connectivity index (χ0) is 29.3. The number of ether oxygens (including phenoxy) is 1. The van der Waals surface area contributed by atoms with Crippen LogP contribution in [0.5, 0.6) is 5.75 Å². The van der Waals surface area contributed by atoms with Crippen molar-refractivity contribution in [2.45, 2.75) is 51.6 Å². The Bertz CT molecular complexity index is 1400. The standard InChI is InChI=1S/C30H36ClN3O5S/c1-5-18-32-30(36)23(4)33(20-24-9-7-8-22(3)19-24)29(35)21-34(26-12-14-27(15-13-26)39-6-2)40(37,38)28-16-10-25(31)11-17-28/h7-17,19,23H,5-6,18,20-21H2,1-4H3,(H,32,36). The highest BCUT2D eigenvalue weighted by Gasteiger charge is 2.32. The number of nitrogens with one attached hydrogen (secondary N) is 1. The van der Waals surface area contributed by atoms with Crippen molar-refractivity contribution in [1.82, 2.24) is 10.2 Å². The van der Waals surface area contributed by atoms with Crippen LogP contribution in [-0.2, 0) is 26.2 Å². The average Bonchev–Trinajstić information content (AvgIpc) is 2.93. The molecule has 214 valence electrons. The number of benzene rings is 3. The quantitative estimate of drug-likeness (QED) is 0.298. The molecule has 0 radical (unpaired) electrons. The summed E-state index contributed by atoms with van der Waals surface area (Å²) in [6, 6.07) is 19.0. The predicted molar refractivity (Wildman–Crippen MR) is 158 cm³/mol. The number of rotatable bonds is 13. The maximum Gasteiger partial charge on any atom is 0.264 e. The van der Waals surface area contributed by atoms with Gasteiger partial charge >= 0.3 is 0 Å². The molecule has 40 heavy (non-hydrogen) atoms. The van der Waals surface area contributed by atoms with Crippen LogP contribution in [0.3, 0.4) is 0 Å². The third-order valence-corrected chi connectivity index (χ3v) is 8.31. The lowest BCUT2D eigenvalue weighted by atomic mass is 10.1. The third-order valence-electron chi connectivity index (χ3n) is 6.27. The Morgan fingerprint density at radius 1 is 1.00 bits per heavy atom. The number of hydrogen-bond acceptors (Lipinski definition) is 5. The van der Waals surface area contributed by atoms with Gasteiger partial charge in [0.05, 0.1) is 17.2 Å². The average molecular weight is 586 g/mol. The minimum absolute atomic E-state index is 0.0162. The second-order valence-corrected chi connectivity index (χ2v) is 11.7. The van der Waals surface area contributed by atoms with Gasteiger partial charge in [0.1, 0.15) is 18.3 Å². The molecule has 3 rings (SSSR count). The van der Waals surface area contributed by atoms with Crippen LogP contribution >= 0.6 is 11.6 Å². The van der Waals surface area contributed by atoms with Gasteiger partial charge in [-0.25, -0.2) is 8.42 Å². The normalized spacial score (nSPS) is 11.9. The molecule has 0 saturated carbocycles. The molecule has 1 atom stereocenters. The van der Waals surface area contributed by atoms with E-state index < -0.39 is 28.5 Å². The second-order valence-electron chi connectivity index (χ2n) is 9.37. The third kappa shape index (κ3) is 7.99. The van der Waals surface area contributed by atoms with Crippen molar-refractivity contribution in [3.8, 4) is 5.75 Å². The number of carbonyl (C=O) groups is 2. The summed E-state index contributed by atoms with van der Waals surface area (Å²) in [5, 5.41) is 3.23. The Hall–Kier alpha value is -3.56. The lowest BCUT2D eigenvalue weighted by Gasteiger charge is -2.32. The molecule has 0 fully saturated rings. The van der Waals surface area contributed by atoms with Gasteiger partial charge in [-0.1, -0.05) is 48.4 Å². The predicted octanol–water partition coefficient (Wildman–Crippen LogP) is 5.19. The second kappa shape index (κ2) is 14.2. The molecule has 1 unspecified atom stereocenters. The van der Waals surface area contributed by atoms with E-state index in [1.165, 1.54) is 29.2 Å². The molecule has 0 saturated heterocycles. The summed E-state index contributed by atoms with van der Waals surface area (Å²) in [7, 11) is -4.18. The van der Waals surface area contributed by atoms with E-state index in [1.807, 2.05) is 45.0 Å². The molecule has 10 heteroatoms. The number of anilines is 1. The Morgan fingerprint density at radius 2 is 1.68 bits per heavy atom. The van der Waals surface area contributed by atoms with Crippen molar-refractivity contribution in [2.75, 3.05) is 24.0 Å². The first kappa shape index (κ1) is 31.0. The molecule has 0 bridgehead atoms. The van der Waals surface area contributed by atoms with E-state index in [2.05, 4.69) is 5.32 Å². The summed E-state index contributed by atoms with van der Waals surface area (Å²) in [5.41, 5.74) is 2.12. The molecule has 0 heterocycles. The van der Waals surface area contributed by atoms with Gasteiger partial charge in [-0.3, -0.25) is 13.9 Å². The van der Waals surface area contributed by atoms with Crippen LogP contribution in [0.4, 0.5) is 5.69 Å². The van der Waals surface area contributed by atoms with Gasteiger partial charge in [-0.15, -0.1) is 0 Å². The highest BCUT2D eigenvalue weighted by Crippen LogP contribution is 2.27. The first-order valence-corrected chi connectivity index (χ1v) is 15.0. The summed E-state index contributed by atoms with van der Waals surface area (Å²) >= 11 is 6.00. The summed E-state index contributed by atoms with van der Waals surface area (Å²) in [5.74, 6) is -0.258. The molecule has 0 aliphatic rings. The molecule has 0 aliphatic carbocycles. The Labute approximate surface area is 241 Å². The highest BCUT2D eigenvalue weighted by molar-refractivity contribution is 7.92. The van der Waals surface area contributed by atoms with Crippen molar-refractivity contribution in [1.29, 1.82) is 0 Å². The van der Waals surface area contributed by atoms with Gasteiger partial charge in [-0.2, -0.15) is 0 Å². The zero-order valence-corrected chi connectivity index (χ0v) is 24.8. The SMILES string of the molecule is CCCNC(=O)C(C)N(Cc1cccc(C)c1)C(=O)CN(c1ccc(OCC)cc1)S(=O)(=O)c1ccc(Cl)cc1. The van der Waals surface area contributed by atoms with Gasteiger partial charge in [-0.05, 0) is 81.3 Å². The van der Waals surface area contributed by atoms with E-state index in [1.54, 1.807) is 31.2 Å². The van der Waals surface area contributed by atoms with E-state index in [9.17, 15) is 18.0 Å². The topological polar surface area (TPSA) is 96.0 Å². The van der Waals surface area contributed by atoms with Crippen LogP contribution < -0.4 is 14.4 Å². The first-order chi connectivity index (χ1) is 19.1. The summed E-state index contributed by atoms with van der Waals surface area (Å²) in [4.78, 5) is 28.3. The fourth-order valence-electron chi connectivity index (χ4n) is 4.12. The van der Waals surface area contributed by atoms with Gasteiger partial charge in [0.15, 0.2) is 0 Å². The van der Waals surface area contributed by atoms with Gasteiger partial charge in [0.25, 0.3) is 10.0 Å². The molecule has 0 aliphatic heterocycles. The molecule has 3 aromatic rings. The number of sulfonamides is 1. The number of carbonyl (C=O) groups excluding carboxylic acids is 2. The molecule has 0 aromatic heterocycles. The van der Waals surface area contributed by atoms with Crippen molar-refractivity contribution in [3.63, 3.8) is 0 Å². The molecule has 2 amide bonds. The molecule has 0 spiro atoms. The summed E-state index contributed by atoms with van der Waals surface area (Å²) in [6.07, 6.45) is 0.745. The molecule has 3 aromatic carbocycles. The first-order valence-electron chi connectivity index (χ1n) is 13.2. The van der Waals surface area contributed by atoms with Crippen molar-refractivity contribution >= 4 is 39.1 Å². The van der Waals surface area contributed by atoms with Gasteiger partial charge < -0.3 is 15.0 Å². The van der Waals surface area contributed by atoms with E-state index in [0.717, 1.165) is 21.9 Å². The van der Waals surface area contributed by atoms with E-state index in [0.29, 0.717) is 23.9 Å². The Kier molecular flexibility index (Phi) is 11.0. The number of halogens is 1. The minimum Gasteiger partial charge on any atom is -0.494 e. The van der Waals surface area contributed by atoms with E-state index >= 15 is 0 Å². The fraction of sp³-hybridized carbons (Fsp3) is 0.333. The summed E-state index contributed by atoms with van der Waals surface area (Å²) < 4.78 is 34.3. The molecular weight excluding hydrogens is 550 g/mol. The van der Waals surface area contributed by atoms with Crippen molar-refractivity contribution < 1.29 is 22.7 Å². The van der Waals surface area contributed by atoms with Gasteiger partial charge in [0, 0.05) is 18.1 Å². The van der Waals surface area contributed by atoms with E-state index in [4.69, 9.17) is 16.3 Å². The van der Waals surface area contributed by atoms with Crippen molar-refractivity contribution in [2.24, 2.45) is 0 Å². The van der Waals surface area contributed by atoms with Crippen LogP contribution in [0.15, 0.2) is 77.7 Å². The molecule has 8 nitrogen and oxygen atoms in total. The van der Waals surface area contributed by atoms with Crippen molar-refractivity contribution in [3.05, 3.63) is 88.9 Å². The number of hydrogen-bond donors (Lipinski definition) is 1. The molecule has 1 N–H and O–H groups in total. The number of aryl methyl sites for hydroxylation is 1. The number of nitrogens with zero attached hydrogens (tertiary/aromatic N) is 2. The lowest BCUT2D eigenvalue weighted by molar-refractivity contribution is -0.139. The highest BCUT2D eigenvalue weighted by atomic mass is 35.5. The zero-order valence-electron chi connectivity index (χ0n) is 23.3. The van der Waals surface area contributed by atoms with Crippen LogP contribution in [0.2, 0.25) is 5.02 Å².